The highest BCUT2D eigenvalue weighted by Gasteiger charge is 2.30. The Kier molecular flexibility index (Phi) is 10.9. The molecule has 12 heteroatoms. The summed E-state index contributed by atoms with van der Waals surface area (Å²) in [6.07, 6.45) is -3.01. The van der Waals surface area contributed by atoms with Crippen LogP contribution >= 0.6 is 11.8 Å². The minimum Gasteiger partial charge on any atom is -0.493 e. The number of carbonyl (C=O) groups excluding carboxylic acids is 3. The summed E-state index contributed by atoms with van der Waals surface area (Å²) in [5, 5.41) is 7.89. The van der Waals surface area contributed by atoms with Gasteiger partial charge >= 0.3 is 6.18 Å². The quantitative estimate of drug-likeness (QED) is 0.123. The minimum absolute atomic E-state index is 0.0270. The van der Waals surface area contributed by atoms with Crippen LogP contribution in [0.1, 0.15) is 21.5 Å². The van der Waals surface area contributed by atoms with Crippen LogP contribution in [0, 0.1) is 0 Å². The molecule has 4 aromatic carbocycles. The van der Waals surface area contributed by atoms with Crippen LogP contribution in [0.3, 0.4) is 0 Å². The van der Waals surface area contributed by atoms with Crippen molar-refractivity contribution in [3.8, 4) is 11.5 Å². The number of alkyl halides is 3. The fraction of sp³-hybridized carbons (Fsp3) is 0.121. The van der Waals surface area contributed by atoms with E-state index in [0.29, 0.717) is 33.2 Å². The van der Waals surface area contributed by atoms with Crippen molar-refractivity contribution in [2.24, 2.45) is 0 Å². The van der Waals surface area contributed by atoms with Crippen molar-refractivity contribution in [2.75, 3.05) is 30.6 Å². The molecule has 232 valence electrons. The summed E-state index contributed by atoms with van der Waals surface area (Å²) >= 11 is 1.17. The molecule has 0 saturated carbocycles. The Morgan fingerprint density at radius 1 is 0.778 bits per heavy atom. The molecular formula is C33H28F3N3O5S. The van der Waals surface area contributed by atoms with E-state index < -0.39 is 29.5 Å². The van der Waals surface area contributed by atoms with Gasteiger partial charge in [-0.05, 0) is 78.4 Å². The molecular weight excluding hydrogens is 607 g/mol. The van der Waals surface area contributed by atoms with Crippen LogP contribution in [0.4, 0.5) is 24.5 Å². The Hall–Kier alpha value is -5.23. The molecule has 3 N–H and O–H groups in total. The van der Waals surface area contributed by atoms with Crippen molar-refractivity contribution in [1.29, 1.82) is 0 Å². The number of carbonyl (C=O) groups is 3. The third-order valence-electron chi connectivity index (χ3n) is 6.20. The highest BCUT2D eigenvalue weighted by Crippen LogP contribution is 2.31. The standard InChI is InChI=1S/C33H28F3N3O5S/c1-43-28-16-11-21(18-29(28)44-2)17-27(39-31(41)22-7-4-3-5-8-22)32(42)38-24-12-14-26(15-13-24)45-20-30(40)37-25-10-6-9-23(19-25)33(34,35)36/h3-19H,20H2,1-2H3,(H,37,40)(H,38,42)(H,39,41)/b27-17-. The first-order chi connectivity index (χ1) is 21.5. The van der Waals surface area contributed by atoms with Gasteiger partial charge in [-0.1, -0.05) is 30.3 Å². The van der Waals surface area contributed by atoms with Crippen LogP contribution in [-0.4, -0.2) is 37.7 Å². The van der Waals surface area contributed by atoms with Gasteiger partial charge in [0.1, 0.15) is 5.70 Å². The van der Waals surface area contributed by atoms with E-state index in [1.54, 1.807) is 72.8 Å². The maximum Gasteiger partial charge on any atom is 0.416 e. The Labute approximate surface area is 261 Å². The van der Waals surface area contributed by atoms with Gasteiger partial charge < -0.3 is 25.4 Å². The lowest BCUT2D eigenvalue weighted by molar-refractivity contribution is -0.137. The molecule has 4 rings (SSSR count). The van der Waals surface area contributed by atoms with Crippen molar-refractivity contribution in [1.82, 2.24) is 5.32 Å². The number of methoxy groups -OCH3 is 2. The van der Waals surface area contributed by atoms with Crippen LogP contribution in [0.15, 0.2) is 108 Å². The predicted molar refractivity (Wildman–Crippen MR) is 167 cm³/mol. The van der Waals surface area contributed by atoms with E-state index in [1.807, 2.05) is 0 Å². The first-order valence-electron chi connectivity index (χ1n) is 13.4. The van der Waals surface area contributed by atoms with Gasteiger partial charge in [-0.15, -0.1) is 11.8 Å². The van der Waals surface area contributed by atoms with E-state index in [2.05, 4.69) is 16.0 Å². The number of thioether (sulfide) groups is 1. The molecule has 8 nitrogen and oxygen atoms in total. The van der Waals surface area contributed by atoms with Crippen LogP contribution < -0.4 is 25.4 Å². The number of rotatable bonds is 11. The fourth-order valence-corrected chi connectivity index (χ4v) is 4.70. The number of ether oxygens (including phenoxy) is 2. The summed E-state index contributed by atoms with van der Waals surface area (Å²) in [4.78, 5) is 39.3. The Bertz CT molecular complexity index is 1690. The maximum absolute atomic E-state index is 13.3. The van der Waals surface area contributed by atoms with Crippen LogP contribution in [0.5, 0.6) is 11.5 Å². The van der Waals surface area contributed by atoms with Gasteiger partial charge in [-0.2, -0.15) is 13.2 Å². The van der Waals surface area contributed by atoms with Gasteiger partial charge in [-0.25, -0.2) is 0 Å². The predicted octanol–water partition coefficient (Wildman–Crippen LogP) is 6.86. The Balaban J connectivity index is 1.43. The number of nitrogens with one attached hydrogen (secondary N) is 3. The van der Waals surface area contributed by atoms with Crippen molar-refractivity contribution in [2.45, 2.75) is 11.1 Å². The summed E-state index contributed by atoms with van der Waals surface area (Å²) in [6, 6.07) is 24.5. The van der Waals surface area contributed by atoms with E-state index in [4.69, 9.17) is 9.47 Å². The van der Waals surface area contributed by atoms with E-state index >= 15 is 0 Å². The minimum atomic E-state index is -4.51. The monoisotopic (exact) mass is 635 g/mol. The zero-order chi connectivity index (χ0) is 32.4. The van der Waals surface area contributed by atoms with Gasteiger partial charge in [0.15, 0.2) is 11.5 Å². The van der Waals surface area contributed by atoms with Gasteiger partial charge in [0.05, 0.1) is 25.5 Å². The van der Waals surface area contributed by atoms with E-state index in [-0.39, 0.29) is 17.1 Å². The average Bonchev–Trinajstić information content (AvgIpc) is 3.04. The van der Waals surface area contributed by atoms with Crippen LogP contribution in [-0.2, 0) is 15.8 Å². The molecule has 0 aliphatic rings. The third-order valence-corrected chi connectivity index (χ3v) is 7.22. The fourth-order valence-electron chi connectivity index (χ4n) is 4.00. The normalized spacial score (nSPS) is 11.4. The second kappa shape index (κ2) is 15.0. The second-order valence-electron chi connectivity index (χ2n) is 9.39. The van der Waals surface area contributed by atoms with Crippen molar-refractivity contribution in [3.05, 3.63) is 119 Å². The number of benzene rings is 4. The largest absolute Gasteiger partial charge is 0.493 e. The molecule has 0 fully saturated rings. The molecule has 0 bridgehead atoms. The highest BCUT2D eigenvalue weighted by molar-refractivity contribution is 8.00. The third kappa shape index (κ3) is 9.38. The lowest BCUT2D eigenvalue weighted by Gasteiger charge is -2.13. The Morgan fingerprint density at radius 3 is 2.16 bits per heavy atom. The summed E-state index contributed by atoms with van der Waals surface area (Å²) in [5.74, 6) is -0.651. The molecule has 0 spiro atoms. The zero-order valence-corrected chi connectivity index (χ0v) is 24.9. The van der Waals surface area contributed by atoms with Crippen molar-refractivity contribution in [3.63, 3.8) is 0 Å². The molecule has 4 aromatic rings. The lowest BCUT2D eigenvalue weighted by atomic mass is 10.1. The molecule has 45 heavy (non-hydrogen) atoms. The average molecular weight is 636 g/mol. The lowest BCUT2D eigenvalue weighted by Crippen LogP contribution is -2.30. The van der Waals surface area contributed by atoms with Crippen LogP contribution in [0.2, 0.25) is 0 Å². The SMILES string of the molecule is COc1ccc(/C=C(\NC(=O)c2ccccc2)C(=O)Nc2ccc(SCC(=O)Nc3cccc(C(F)(F)F)c3)cc2)cc1OC. The number of halogens is 3. The molecule has 0 unspecified atom stereocenters. The number of hydrogen-bond donors (Lipinski definition) is 3. The molecule has 0 aliphatic carbocycles. The highest BCUT2D eigenvalue weighted by atomic mass is 32.2. The number of anilines is 2. The molecule has 0 aromatic heterocycles. The maximum atomic E-state index is 13.3. The molecule has 0 saturated heterocycles. The van der Waals surface area contributed by atoms with Gasteiger partial charge in [0, 0.05) is 21.8 Å². The van der Waals surface area contributed by atoms with Gasteiger partial charge in [0.25, 0.3) is 11.8 Å². The number of hydrogen-bond acceptors (Lipinski definition) is 6. The molecule has 0 heterocycles. The summed E-state index contributed by atoms with van der Waals surface area (Å²) in [7, 11) is 2.99. The second-order valence-corrected chi connectivity index (χ2v) is 10.4. The topological polar surface area (TPSA) is 106 Å². The van der Waals surface area contributed by atoms with Crippen LogP contribution in [0.25, 0.3) is 6.08 Å². The molecule has 0 aliphatic heterocycles. The van der Waals surface area contributed by atoms with E-state index in [0.717, 1.165) is 12.1 Å². The van der Waals surface area contributed by atoms with E-state index in [1.165, 1.54) is 44.2 Å². The summed E-state index contributed by atoms with van der Waals surface area (Å²) in [5.41, 5.74) is 0.519. The van der Waals surface area contributed by atoms with E-state index in [9.17, 15) is 27.6 Å². The first kappa shape index (κ1) is 32.7. The first-order valence-corrected chi connectivity index (χ1v) is 14.4. The van der Waals surface area contributed by atoms with Gasteiger partial charge in [0.2, 0.25) is 5.91 Å². The smallest absolute Gasteiger partial charge is 0.416 e. The van der Waals surface area contributed by atoms with Gasteiger partial charge in [-0.3, -0.25) is 14.4 Å². The summed E-state index contributed by atoms with van der Waals surface area (Å²) < 4.78 is 49.4. The molecule has 0 atom stereocenters. The van der Waals surface area contributed by atoms with Crippen molar-refractivity contribution < 1.29 is 37.0 Å². The molecule has 0 radical (unpaired) electrons. The van der Waals surface area contributed by atoms with Crippen molar-refractivity contribution >= 4 is 46.9 Å². The summed E-state index contributed by atoms with van der Waals surface area (Å²) in [6.45, 7) is 0. The Morgan fingerprint density at radius 2 is 1.49 bits per heavy atom. The molecule has 3 amide bonds. The zero-order valence-electron chi connectivity index (χ0n) is 24.1. The number of amides is 3.